The van der Waals surface area contributed by atoms with Gasteiger partial charge in [0.15, 0.2) is 5.96 Å². The van der Waals surface area contributed by atoms with Crippen LogP contribution in [0.4, 0.5) is 0 Å². The molecule has 1 saturated heterocycles. The number of guanidine groups is 1. The van der Waals surface area contributed by atoms with Crippen LogP contribution in [0.15, 0.2) is 47.5 Å². The number of hydrogen-bond donors (Lipinski definition) is 1. The molecule has 0 saturated carbocycles. The van der Waals surface area contributed by atoms with E-state index < -0.39 is 0 Å². The molecule has 0 bridgehead atoms. The predicted octanol–water partition coefficient (Wildman–Crippen LogP) is 4.01. The third kappa shape index (κ3) is 6.66. The molecule has 1 aliphatic rings. The summed E-state index contributed by atoms with van der Waals surface area (Å²) in [5.41, 5.74) is 2.43. The molecule has 0 amide bonds. The SMILES string of the molecule is CN=C(NCCc1c(OC)cc(OC)cc1OC)N1CCC(Cc2ccccc2)C1.I. The Morgan fingerprint density at radius 2 is 1.74 bits per heavy atom. The first-order chi connectivity index (χ1) is 14.7. The highest BCUT2D eigenvalue weighted by Crippen LogP contribution is 2.34. The van der Waals surface area contributed by atoms with Gasteiger partial charge in [-0.2, -0.15) is 0 Å². The maximum Gasteiger partial charge on any atom is 0.193 e. The Hall–Kier alpha value is -2.16. The third-order valence-electron chi connectivity index (χ3n) is 5.64. The number of halogens is 1. The van der Waals surface area contributed by atoms with Crippen LogP contribution in [0.3, 0.4) is 0 Å². The molecule has 6 nitrogen and oxygen atoms in total. The minimum Gasteiger partial charge on any atom is -0.496 e. The highest BCUT2D eigenvalue weighted by Gasteiger charge is 2.25. The van der Waals surface area contributed by atoms with Crippen LogP contribution in [0, 0.1) is 5.92 Å². The molecule has 170 valence electrons. The maximum absolute atomic E-state index is 5.56. The molecule has 0 aromatic heterocycles. The maximum atomic E-state index is 5.56. The first kappa shape index (κ1) is 25.1. The molecule has 3 rings (SSSR count). The van der Waals surface area contributed by atoms with Gasteiger partial charge in [0.1, 0.15) is 17.2 Å². The first-order valence-corrected chi connectivity index (χ1v) is 10.5. The molecular weight excluding hydrogens is 505 g/mol. The van der Waals surface area contributed by atoms with Gasteiger partial charge in [-0.3, -0.25) is 4.99 Å². The Balaban J connectivity index is 0.00000341. The van der Waals surface area contributed by atoms with Gasteiger partial charge in [0.25, 0.3) is 0 Å². The molecular formula is C24H34IN3O3. The van der Waals surface area contributed by atoms with Crippen molar-refractivity contribution in [1.29, 1.82) is 0 Å². The van der Waals surface area contributed by atoms with Crippen LogP contribution in [-0.4, -0.2) is 58.9 Å². The van der Waals surface area contributed by atoms with Gasteiger partial charge in [-0.15, -0.1) is 24.0 Å². The number of nitrogens with one attached hydrogen (secondary N) is 1. The van der Waals surface area contributed by atoms with E-state index in [2.05, 4.69) is 45.5 Å². The van der Waals surface area contributed by atoms with Gasteiger partial charge in [0.05, 0.1) is 21.3 Å². The van der Waals surface area contributed by atoms with E-state index in [4.69, 9.17) is 14.2 Å². The Morgan fingerprint density at radius 1 is 1.06 bits per heavy atom. The number of likely N-dealkylation sites (tertiary alicyclic amines) is 1. The molecule has 1 unspecified atom stereocenters. The fourth-order valence-electron chi connectivity index (χ4n) is 4.09. The van der Waals surface area contributed by atoms with E-state index in [0.29, 0.717) is 5.92 Å². The molecule has 2 aromatic rings. The van der Waals surface area contributed by atoms with E-state index in [1.54, 1.807) is 21.3 Å². The molecule has 0 spiro atoms. The van der Waals surface area contributed by atoms with Crippen LogP contribution < -0.4 is 19.5 Å². The fourth-order valence-corrected chi connectivity index (χ4v) is 4.09. The Bertz CT molecular complexity index is 820. The lowest BCUT2D eigenvalue weighted by atomic mass is 9.99. The number of methoxy groups -OCH3 is 3. The summed E-state index contributed by atoms with van der Waals surface area (Å²) in [7, 11) is 6.82. The number of benzene rings is 2. The molecule has 1 heterocycles. The minimum atomic E-state index is 0. The quantitative estimate of drug-likeness (QED) is 0.312. The lowest BCUT2D eigenvalue weighted by Crippen LogP contribution is -2.41. The molecule has 1 aliphatic heterocycles. The van der Waals surface area contributed by atoms with E-state index in [-0.39, 0.29) is 24.0 Å². The molecule has 1 fully saturated rings. The van der Waals surface area contributed by atoms with E-state index in [1.165, 1.54) is 12.0 Å². The zero-order chi connectivity index (χ0) is 21.3. The number of hydrogen-bond acceptors (Lipinski definition) is 4. The smallest absolute Gasteiger partial charge is 0.193 e. The van der Waals surface area contributed by atoms with Crippen molar-refractivity contribution in [3.63, 3.8) is 0 Å². The summed E-state index contributed by atoms with van der Waals surface area (Å²) in [6.07, 6.45) is 3.07. The number of nitrogens with zero attached hydrogens (tertiary/aromatic N) is 2. The average Bonchev–Trinajstić information content (AvgIpc) is 3.25. The zero-order valence-corrected chi connectivity index (χ0v) is 21.2. The standard InChI is InChI=1S/C24H33N3O3.HI/c1-25-24(27-13-11-19(17-27)14-18-8-6-5-7-9-18)26-12-10-21-22(29-3)15-20(28-2)16-23(21)30-4;/h5-9,15-16,19H,10-14,17H2,1-4H3,(H,25,26);1H. The molecule has 0 radical (unpaired) electrons. The Kier molecular flexibility index (Phi) is 10.2. The molecule has 1 atom stereocenters. The van der Waals surface area contributed by atoms with Crippen LogP contribution in [0.25, 0.3) is 0 Å². The second-order valence-corrected chi connectivity index (χ2v) is 7.52. The zero-order valence-electron chi connectivity index (χ0n) is 18.9. The van der Waals surface area contributed by atoms with Crippen LogP contribution in [0.2, 0.25) is 0 Å². The van der Waals surface area contributed by atoms with Crippen molar-refractivity contribution in [2.45, 2.75) is 19.3 Å². The van der Waals surface area contributed by atoms with Crippen molar-refractivity contribution in [2.24, 2.45) is 10.9 Å². The summed E-state index contributed by atoms with van der Waals surface area (Å²) in [5.74, 6) is 3.88. The Morgan fingerprint density at radius 3 is 2.32 bits per heavy atom. The van der Waals surface area contributed by atoms with Crippen LogP contribution in [-0.2, 0) is 12.8 Å². The van der Waals surface area contributed by atoms with E-state index in [9.17, 15) is 0 Å². The van der Waals surface area contributed by atoms with E-state index >= 15 is 0 Å². The summed E-state index contributed by atoms with van der Waals surface area (Å²) in [4.78, 5) is 6.86. The van der Waals surface area contributed by atoms with Crippen molar-refractivity contribution in [3.8, 4) is 17.2 Å². The summed E-state index contributed by atoms with van der Waals surface area (Å²) < 4.78 is 16.4. The lowest BCUT2D eigenvalue weighted by molar-refractivity contribution is 0.368. The van der Waals surface area contributed by atoms with Crippen molar-refractivity contribution >= 4 is 29.9 Å². The minimum absolute atomic E-state index is 0. The first-order valence-electron chi connectivity index (χ1n) is 10.5. The van der Waals surface area contributed by atoms with Gasteiger partial charge in [0, 0.05) is 44.4 Å². The van der Waals surface area contributed by atoms with E-state index in [0.717, 1.165) is 61.2 Å². The molecule has 31 heavy (non-hydrogen) atoms. The number of ether oxygens (including phenoxy) is 3. The van der Waals surface area contributed by atoms with Crippen molar-refractivity contribution < 1.29 is 14.2 Å². The number of aliphatic imine (C=N–C) groups is 1. The van der Waals surface area contributed by atoms with Gasteiger partial charge in [-0.05, 0) is 30.7 Å². The summed E-state index contributed by atoms with van der Waals surface area (Å²) >= 11 is 0. The molecule has 2 aromatic carbocycles. The van der Waals surface area contributed by atoms with Gasteiger partial charge >= 0.3 is 0 Å². The summed E-state index contributed by atoms with van der Waals surface area (Å²) in [6.45, 7) is 2.81. The lowest BCUT2D eigenvalue weighted by Gasteiger charge is -2.22. The summed E-state index contributed by atoms with van der Waals surface area (Å²) in [5, 5.41) is 3.51. The fraction of sp³-hybridized carbons (Fsp3) is 0.458. The third-order valence-corrected chi connectivity index (χ3v) is 5.64. The molecule has 1 N–H and O–H groups in total. The van der Waals surface area contributed by atoms with Gasteiger partial charge in [-0.25, -0.2) is 0 Å². The van der Waals surface area contributed by atoms with Gasteiger partial charge in [0.2, 0.25) is 0 Å². The predicted molar refractivity (Wildman–Crippen MR) is 136 cm³/mol. The van der Waals surface area contributed by atoms with Crippen LogP contribution in [0.1, 0.15) is 17.5 Å². The second-order valence-electron chi connectivity index (χ2n) is 7.52. The number of rotatable bonds is 8. The topological polar surface area (TPSA) is 55.3 Å². The van der Waals surface area contributed by atoms with Crippen molar-refractivity contribution in [2.75, 3.05) is 48.0 Å². The van der Waals surface area contributed by atoms with Gasteiger partial charge < -0.3 is 24.4 Å². The Labute approximate surface area is 203 Å². The highest BCUT2D eigenvalue weighted by atomic mass is 127. The molecule has 7 heteroatoms. The normalized spacial score (nSPS) is 15.9. The van der Waals surface area contributed by atoms with Crippen molar-refractivity contribution in [1.82, 2.24) is 10.2 Å². The average molecular weight is 539 g/mol. The highest BCUT2D eigenvalue weighted by molar-refractivity contribution is 14.0. The van der Waals surface area contributed by atoms with Crippen LogP contribution in [0.5, 0.6) is 17.2 Å². The monoisotopic (exact) mass is 539 g/mol. The summed E-state index contributed by atoms with van der Waals surface area (Å²) in [6, 6.07) is 14.5. The largest absolute Gasteiger partial charge is 0.496 e. The van der Waals surface area contributed by atoms with Crippen LogP contribution >= 0.6 is 24.0 Å². The molecule has 0 aliphatic carbocycles. The van der Waals surface area contributed by atoms with E-state index in [1.807, 2.05) is 19.2 Å². The second kappa shape index (κ2) is 12.6. The van der Waals surface area contributed by atoms with Gasteiger partial charge in [-0.1, -0.05) is 30.3 Å². The van der Waals surface area contributed by atoms with Crippen molar-refractivity contribution in [3.05, 3.63) is 53.6 Å².